The van der Waals surface area contributed by atoms with Crippen molar-refractivity contribution in [1.29, 1.82) is 0 Å². The summed E-state index contributed by atoms with van der Waals surface area (Å²) in [6, 6.07) is 29.4. The molecule has 1 atom stereocenters. The van der Waals surface area contributed by atoms with E-state index in [0.29, 0.717) is 0 Å². The van der Waals surface area contributed by atoms with Crippen LogP contribution in [0.15, 0.2) is 91.0 Å². The molecule has 1 amide bonds. The van der Waals surface area contributed by atoms with Gasteiger partial charge >= 0.3 is 0 Å². The predicted molar refractivity (Wildman–Crippen MR) is 98.4 cm³/mol. The molecule has 1 fully saturated rings. The highest BCUT2D eigenvalue weighted by atomic mass is 16.5. The molecule has 3 heteroatoms. The van der Waals surface area contributed by atoms with Crippen molar-refractivity contribution in [3.05, 3.63) is 102 Å². The third-order valence-corrected chi connectivity index (χ3v) is 4.88. The molecule has 3 aromatic carbocycles. The Morgan fingerprint density at radius 1 is 0.760 bits per heavy atom. The molecule has 1 aliphatic heterocycles. The Morgan fingerprint density at radius 3 is 1.64 bits per heavy atom. The van der Waals surface area contributed by atoms with Gasteiger partial charge in [0.2, 0.25) is 5.91 Å². The van der Waals surface area contributed by atoms with Gasteiger partial charge in [0, 0.05) is 12.8 Å². The molecule has 0 unspecified atom stereocenters. The number of hydrogen-bond donors (Lipinski definition) is 0. The molecule has 3 aromatic rings. The first-order chi connectivity index (χ1) is 12.3. The lowest BCUT2D eigenvalue weighted by molar-refractivity contribution is -0.142. The molecule has 0 N–H and O–H groups in total. The van der Waals surface area contributed by atoms with Gasteiger partial charge in [-0.3, -0.25) is 9.69 Å². The van der Waals surface area contributed by atoms with Crippen molar-refractivity contribution in [1.82, 2.24) is 0 Å². The van der Waals surface area contributed by atoms with Crippen molar-refractivity contribution in [2.45, 2.75) is 11.6 Å². The number of carbonyl (C=O) groups is 1. The minimum atomic E-state index is -0.826. The lowest BCUT2D eigenvalue weighted by atomic mass is 9.65. The largest absolute Gasteiger partial charge is 0.359 e. The lowest BCUT2D eigenvalue weighted by Crippen LogP contribution is -2.73. The minimum absolute atomic E-state index is 0.0305. The van der Waals surface area contributed by atoms with Crippen LogP contribution >= 0.6 is 0 Å². The third-order valence-electron chi connectivity index (χ3n) is 4.88. The zero-order valence-electron chi connectivity index (χ0n) is 14.0. The monoisotopic (exact) mass is 329 g/mol. The van der Waals surface area contributed by atoms with E-state index in [9.17, 15) is 4.79 Å². The van der Waals surface area contributed by atoms with Crippen molar-refractivity contribution < 1.29 is 9.53 Å². The highest BCUT2D eigenvalue weighted by molar-refractivity contribution is 6.11. The topological polar surface area (TPSA) is 29.5 Å². The first-order valence-electron chi connectivity index (χ1n) is 8.32. The zero-order chi connectivity index (χ0) is 17.3. The molecule has 25 heavy (non-hydrogen) atoms. The van der Waals surface area contributed by atoms with Crippen molar-refractivity contribution in [2.75, 3.05) is 12.0 Å². The van der Waals surface area contributed by atoms with Gasteiger partial charge in [0.1, 0.15) is 5.41 Å². The minimum Gasteiger partial charge on any atom is -0.359 e. The Hall–Kier alpha value is -2.91. The summed E-state index contributed by atoms with van der Waals surface area (Å²) in [5.74, 6) is 0.0305. The fraction of sp³-hybridized carbons (Fsp3) is 0.136. The van der Waals surface area contributed by atoms with E-state index in [2.05, 4.69) is 0 Å². The first kappa shape index (κ1) is 15.6. The molecular formula is C22H19NO2. The summed E-state index contributed by atoms with van der Waals surface area (Å²) in [4.78, 5) is 15.2. The number of nitrogens with zero attached hydrogens (tertiary/aromatic N) is 1. The molecule has 4 rings (SSSR count). The van der Waals surface area contributed by atoms with Crippen LogP contribution in [0.4, 0.5) is 5.69 Å². The number of methoxy groups -OCH3 is 1. The molecule has 1 heterocycles. The van der Waals surface area contributed by atoms with Crippen LogP contribution < -0.4 is 4.90 Å². The fourth-order valence-corrected chi connectivity index (χ4v) is 3.75. The second kappa shape index (κ2) is 6.19. The molecule has 0 spiro atoms. The molecule has 0 bridgehead atoms. The molecule has 3 nitrogen and oxygen atoms in total. The van der Waals surface area contributed by atoms with Gasteiger partial charge in [-0.25, -0.2) is 0 Å². The Kier molecular flexibility index (Phi) is 3.86. The number of hydrogen-bond acceptors (Lipinski definition) is 2. The predicted octanol–water partition coefficient (Wildman–Crippen LogP) is 3.99. The van der Waals surface area contributed by atoms with Crippen LogP contribution in [0.1, 0.15) is 11.1 Å². The van der Waals surface area contributed by atoms with Gasteiger partial charge < -0.3 is 4.74 Å². The molecular weight excluding hydrogens is 310 g/mol. The average molecular weight is 329 g/mol. The van der Waals surface area contributed by atoms with Gasteiger partial charge in [-0.15, -0.1) is 0 Å². The Morgan fingerprint density at radius 2 is 1.20 bits per heavy atom. The average Bonchev–Trinajstić information content (AvgIpc) is 2.69. The SMILES string of the molecule is CO[C@H]1N(c2ccccc2)C(=O)C1(c1ccccc1)c1ccccc1. The summed E-state index contributed by atoms with van der Waals surface area (Å²) in [7, 11) is 1.66. The molecule has 0 aliphatic carbocycles. The molecule has 0 saturated carbocycles. The summed E-state index contributed by atoms with van der Waals surface area (Å²) < 4.78 is 5.85. The number of benzene rings is 3. The van der Waals surface area contributed by atoms with E-state index < -0.39 is 11.6 Å². The highest BCUT2D eigenvalue weighted by Crippen LogP contribution is 2.49. The van der Waals surface area contributed by atoms with E-state index in [1.807, 2.05) is 91.0 Å². The van der Waals surface area contributed by atoms with Crippen molar-refractivity contribution >= 4 is 11.6 Å². The maximum atomic E-state index is 13.5. The second-order valence-electron chi connectivity index (χ2n) is 6.14. The van der Waals surface area contributed by atoms with Crippen molar-refractivity contribution in [3.8, 4) is 0 Å². The van der Waals surface area contributed by atoms with Gasteiger partial charge in [-0.1, -0.05) is 78.9 Å². The number of amides is 1. The summed E-state index contributed by atoms with van der Waals surface area (Å²) in [6.45, 7) is 0. The van der Waals surface area contributed by atoms with Gasteiger partial charge in [0.25, 0.3) is 0 Å². The number of para-hydroxylation sites is 1. The van der Waals surface area contributed by atoms with Gasteiger partial charge in [0.05, 0.1) is 0 Å². The van der Waals surface area contributed by atoms with Crippen LogP contribution in [0.5, 0.6) is 0 Å². The smallest absolute Gasteiger partial charge is 0.248 e. The normalized spacial score (nSPS) is 18.7. The van der Waals surface area contributed by atoms with E-state index in [1.54, 1.807) is 12.0 Å². The van der Waals surface area contributed by atoms with Crippen LogP contribution in [-0.4, -0.2) is 19.2 Å². The van der Waals surface area contributed by atoms with Crippen molar-refractivity contribution in [2.24, 2.45) is 0 Å². The lowest BCUT2D eigenvalue weighted by Gasteiger charge is -2.55. The van der Waals surface area contributed by atoms with E-state index in [-0.39, 0.29) is 5.91 Å². The second-order valence-corrected chi connectivity index (χ2v) is 6.14. The Bertz CT molecular complexity index is 823. The molecule has 1 saturated heterocycles. The standard InChI is InChI=1S/C22H19NO2/c1-25-21-22(17-11-5-2-6-12-17,18-13-7-3-8-14-18)20(24)23(21)19-15-9-4-10-16-19/h2-16,21H,1H3/t21-/m1/s1. The van der Waals surface area contributed by atoms with E-state index in [0.717, 1.165) is 16.8 Å². The van der Waals surface area contributed by atoms with Gasteiger partial charge in [-0.05, 0) is 23.3 Å². The van der Waals surface area contributed by atoms with Crippen LogP contribution in [-0.2, 0) is 14.9 Å². The van der Waals surface area contributed by atoms with Crippen molar-refractivity contribution in [3.63, 3.8) is 0 Å². The van der Waals surface area contributed by atoms with Crippen LogP contribution in [0.3, 0.4) is 0 Å². The van der Waals surface area contributed by atoms with Gasteiger partial charge in [-0.2, -0.15) is 0 Å². The Labute approximate surface area is 147 Å². The highest BCUT2D eigenvalue weighted by Gasteiger charge is 2.63. The maximum absolute atomic E-state index is 13.5. The molecule has 124 valence electrons. The van der Waals surface area contributed by atoms with Crippen LogP contribution in [0, 0.1) is 0 Å². The first-order valence-corrected chi connectivity index (χ1v) is 8.32. The summed E-state index contributed by atoms with van der Waals surface area (Å²) >= 11 is 0. The van der Waals surface area contributed by atoms with E-state index in [4.69, 9.17) is 4.74 Å². The molecule has 0 radical (unpaired) electrons. The fourth-order valence-electron chi connectivity index (χ4n) is 3.75. The Balaban J connectivity index is 1.89. The van der Waals surface area contributed by atoms with E-state index in [1.165, 1.54) is 0 Å². The van der Waals surface area contributed by atoms with E-state index >= 15 is 0 Å². The maximum Gasteiger partial charge on any atom is 0.248 e. The zero-order valence-corrected chi connectivity index (χ0v) is 14.0. The number of anilines is 1. The summed E-state index contributed by atoms with van der Waals surface area (Å²) in [5.41, 5.74) is 1.92. The number of rotatable bonds is 4. The number of β-lactam (4-membered cyclic amide) rings is 1. The number of ether oxygens (including phenoxy) is 1. The molecule has 0 aromatic heterocycles. The number of carbonyl (C=O) groups excluding carboxylic acids is 1. The molecule has 1 aliphatic rings. The quantitative estimate of drug-likeness (QED) is 0.677. The third kappa shape index (κ3) is 2.20. The summed E-state index contributed by atoms with van der Waals surface area (Å²) in [6.07, 6.45) is -0.396. The van der Waals surface area contributed by atoms with Crippen LogP contribution in [0.25, 0.3) is 0 Å². The summed E-state index contributed by atoms with van der Waals surface area (Å²) in [5, 5.41) is 0. The van der Waals surface area contributed by atoms with Gasteiger partial charge in [0.15, 0.2) is 6.23 Å². The van der Waals surface area contributed by atoms with Crippen LogP contribution in [0.2, 0.25) is 0 Å².